The zero-order chi connectivity index (χ0) is 9.84. The minimum Gasteiger partial charge on any atom is -0.478 e. The summed E-state index contributed by atoms with van der Waals surface area (Å²) in [6.07, 6.45) is 2.90. The SMILES string of the molecule is N=C1CCCCC(C(=O)O)=C1C=O. The van der Waals surface area contributed by atoms with Gasteiger partial charge in [0.05, 0.1) is 0 Å². The summed E-state index contributed by atoms with van der Waals surface area (Å²) in [5, 5.41) is 16.2. The first kappa shape index (κ1) is 9.64. The summed E-state index contributed by atoms with van der Waals surface area (Å²) >= 11 is 0. The van der Waals surface area contributed by atoms with Crippen LogP contribution >= 0.6 is 0 Å². The molecule has 0 heterocycles. The van der Waals surface area contributed by atoms with Crippen LogP contribution in [0.5, 0.6) is 0 Å². The average molecular weight is 181 g/mol. The van der Waals surface area contributed by atoms with Crippen LogP contribution < -0.4 is 0 Å². The summed E-state index contributed by atoms with van der Waals surface area (Å²) < 4.78 is 0. The molecule has 0 aromatic carbocycles. The lowest BCUT2D eigenvalue weighted by molar-refractivity contribution is -0.133. The van der Waals surface area contributed by atoms with Crippen molar-refractivity contribution in [2.45, 2.75) is 25.7 Å². The zero-order valence-corrected chi connectivity index (χ0v) is 7.17. The first-order valence-corrected chi connectivity index (χ1v) is 4.16. The van der Waals surface area contributed by atoms with Crippen LogP contribution in [0.2, 0.25) is 0 Å². The number of aliphatic carboxylic acids is 1. The molecule has 0 radical (unpaired) electrons. The summed E-state index contributed by atoms with van der Waals surface area (Å²) in [6, 6.07) is 0. The number of aldehydes is 1. The quantitative estimate of drug-likeness (QED) is 0.627. The third-order valence-corrected chi connectivity index (χ3v) is 2.13. The van der Waals surface area contributed by atoms with Gasteiger partial charge in [0.15, 0.2) is 6.29 Å². The molecule has 0 saturated carbocycles. The van der Waals surface area contributed by atoms with E-state index in [0.717, 1.165) is 12.8 Å². The highest BCUT2D eigenvalue weighted by Gasteiger charge is 2.19. The number of hydrogen-bond acceptors (Lipinski definition) is 3. The maximum Gasteiger partial charge on any atom is 0.332 e. The lowest BCUT2D eigenvalue weighted by atomic mass is 10.0. The first-order valence-electron chi connectivity index (χ1n) is 4.16. The summed E-state index contributed by atoms with van der Waals surface area (Å²) in [7, 11) is 0. The molecule has 4 heteroatoms. The van der Waals surface area contributed by atoms with Crippen molar-refractivity contribution in [2.75, 3.05) is 0 Å². The van der Waals surface area contributed by atoms with Gasteiger partial charge >= 0.3 is 5.97 Å². The molecular formula is C9H11NO3. The first-order chi connectivity index (χ1) is 6.16. The molecule has 13 heavy (non-hydrogen) atoms. The lowest BCUT2D eigenvalue weighted by Gasteiger charge is -2.01. The fraction of sp³-hybridized carbons (Fsp3) is 0.444. The van der Waals surface area contributed by atoms with E-state index in [4.69, 9.17) is 10.5 Å². The fourth-order valence-corrected chi connectivity index (χ4v) is 1.42. The van der Waals surface area contributed by atoms with Crippen LogP contribution in [0.15, 0.2) is 11.1 Å². The lowest BCUT2D eigenvalue weighted by Crippen LogP contribution is -2.09. The molecule has 0 aliphatic heterocycles. The van der Waals surface area contributed by atoms with Crippen molar-refractivity contribution in [1.29, 1.82) is 5.41 Å². The maximum atomic E-state index is 10.7. The Bertz CT molecular complexity index is 291. The van der Waals surface area contributed by atoms with Gasteiger partial charge in [-0.25, -0.2) is 4.79 Å². The van der Waals surface area contributed by atoms with Crippen LogP contribution in [0, 0.1) is 5.41 Å². The molecule has 0 atom stereocenters. The van der Waals surface area contributed by atoms with E-state index in [2.05, 4.69) is 0 Å². The predicted molar refractivity (Wildman–Crippen MR) is 46.9 cm³/mol. The van der Waals surface area contributed by atoms with E-state index in [0.29, 0.717) is 19.1 Å². The standard InChI is InChI=1S/C9H11NO3/c10-8-4-2-1-3-6(9(12)13)7(8)5-11/h5,10H,1-4H2,(H,12,13). The fourth-order valence-electron chi connectivity index (χ4n) is 1.42. The second-order valence-corrected chi connectivity index (χ2v) is 3.00. The number of carboxylic acids is 1. The van der Waals surface area contributed by atoms with Crippen molar-refractivity contribution in [2.24, 2.45) is 0 Å². The van der Waals surface area contributed by atoms with Crippen molar-refractivity contribution >= 4 is 18.0 Å². The van der Waals surface area contributed by atoms with Crippen LogP contribution in [0.3, 0.4) is 0 Å². The molecule has 1 rings (SSSR count). The van der Waals surface area contributed by atoms with Gasteiger partial charge in [-0.1, -0.05) is 0 Å². The molecule has 70 valence electrons. The number of allylic oxidation sites excluding steroid dienone is 1. The number of carboxylic acid groups (broad SMARTS) is 1. The molecule has 0 spiro atoms. The van der Waals surface area contributed by atoms with E-state index < -0.39 is 5.97 Å². The highest BCUT2D eigenvalue weighted by molar-refractivity contribution is 6.18. The monoisotopic (exact) mass is 181 g/mol. The van der Waals surface area contributed by atoms with Crippen LogP contribution in [0.25, 0.3) is 0 Å². The second-order valence-electron chi connectivity index (χ2n) is 3.00. The predicted octanol–water partition coefficient (Wildman–Crippen LogP) is 1.16. The summed E-state index contributed by atoms with van der Waals surface area (Å²) in [5.41, 5.74) is 0.326. The molecule has 4 nitrogen and oxygen atoms in total. The summed E-state index contributed by atoms with van der Waals surface area (Å²) in [5.74, 6) is -1.08. The Balaban J connectivity index is 3.10. The second kappa shape index (κ2) is 3.98. The van der Waals surface area contributed by atoms with Gasteiger partial charge in [-0.3, -0.25) is 4.79 Å². The van der Waals surface area contributed by atoms with Gasteiger partial charge in [-0.05, 0) is 25.7 Å². The zero-order valence-electron chi connectivity index (χ0n) is 7.17. The number of rotatable bonds is 2. The van der Waals surface area contributed by atoms with Crippen LogP contribution in [0.1, 0.15) is 25.7 Å². The molecule has 0 amide bonds. The molecule has 0 aromatic rings. The minimum atomic E-state index is -1.08. The van der Waals surface area contributed by atoms with E-state index in [1.165, 1.54) is 0 Å². The van der Waals surface area contributed by atoms with Crippen LogP contribution in [0.4, 0.5) is 0 Å². The van der Waals surface area contributed by atoms with Crippen LogP contribution in [-0.4, -0.2) is 23.1 Å². The van der Waals surface area contributed by atoms with Gasteiger partial charge < -0.3 is 10.5 Å². The van der Waals surface area contributed by atoms with Crippen molar-refractivity contribution in [1.82, 2.24) is 0 Å². The Morgan fingerprint density at radius 3 is 2.54 bits per heavy atom. The molecule has 0 aromatic heterocycles. The maximum absolute atomic E-state index is 10.7. The van der Waals surface area contributed by atoms with Gasteiger partial charge in [0.25, 0.3) is 0 Å². The highest BCUT2D eigenvalue weighted by Crippen LogP contribution is 2.20. The molecular weight excluding hydrogens is 170 g/mol. The number of carbonyl (C=O) groups is 2. The third kappa shape index (κ3) is 2.02. The van der Waals surface area contributed by atoms with E-state index in [1.54, 1.807) is 0 Å². The Morgan fingerprint density at radius 2 is 2.00 bits per heavy atom. The van der Waals surface area contributed by atoms with E-state index in [1.807, 2.05) is 0 Å². The van der Waals surface area contributed by atoms with Crippen molar-refractivity contribution in [3.8, 4) is 0 Å². The Hall–Kier alpha value is -1.45. The van der Waals surface area contributed by atoms with E-state index >= 15 is 0 Å². The molecule has 0 unspecified atom stereocenters. The average Bonchev–Trinajstić information content (AvgIpc) is 2.26. The molecule has 0 bridgehead atoms. The topological polar surface area (TPSA) is 78.2 Å². The molecule has 2 N–H and O–H groups in total. The van der Waals surface area contributed by atoms with Crippen molar-refractivity contribution in [3.05, 3.63) is 11.1 Å². The molecule has 0 saturated heterocycles. The van der Waals surface area contributed by atoms with Gasteiger partial charge in [0.1, 0.15) is 0 Å². The van der Waals surface area contributed by atoms with Crippen molar-refractivity contribution < 1.29 is 14.7 Å². The Kier molecular flexibility index (Phi) is 2.95. The summed E-state index contributed by atoms with van der Waals surface area (Å²) in [6.45, 7) is 0. The highest BCUT2D eigenvalue weighted by atomic mass is 16.4. The number of carbonyl (C=O) groups excluding carboxylic acids is 1. The minimum absolute atomic E-state index is 0.0741. The smallest absolute Gasteiger partial charge is 0.332 e. The van der Waals surface area contributed by atoms with E-state index in [9.17, 15) is 9.59 Å². The van der Waals surface area contributed by atoms with Crippen LogP contribution in [-0.2, 0) is 9.59 Å². The van der Waals surface area contributed by atoms with Gasteiger partial charge in [-0.2, -0.15) is 0 Å². The largest absolute Gasteiger partial charge is 0.478 e. The van der Waals surface area contributed by atoms with Gasteiger partial charge in [-0.15, -0.1) is 0 Å². The molecule has 1 aliphatic rings. The third-order valence-electron chi connectivity index (χ3n) is 2.13. The Morgan fingerprint density at radius 1 is 1.38 bits per heavy atom. The summed E-state index contributed by atoms with van der Waals surface area (Å²) in [4.78, 5) is 21.3. The normalized spacial score (nSPS) is 18.3. The number of nitrogens with one attached hydrogen (secondary N) is 1. The number of hydrogen-bond donors (Lipinski definition) is 2. The molecule has 1 aliphatic carbocycles. The molecule has 0 fully saturated rings. The Labute approximate surface area is 75.8 Å². The van der Waals surface area contributed by atoms with E-state index in [-0.39, 0.29) is 16.9 Å². The van der Waals surface area contributed by atoms with Gasteiger partial charge in [0, 0.05) is 16.9 Å². The van der Waals surface area contributed by atoms with Gasteiger partial charge in [0.2, 0.25) is 0 Å². The van der Waals surface area contributed by atoms with Crippen molar-refractivity contribution in [3.63, 3.8) is 0 Å².